The first-order valence-electron chi connectivity index (χ1n) is 9.04. The summed E-state index contributed by atoms with van der Waals surface area (Å²) in [6.07, 6.45) is 13.3. The monoisotopic (exact) mass is 296 g/mol. The summed E-state index contributed by atoms with van der Waals surface area (Å²) in [6, 6.07) is 0. The Hall–Kier alpha value is -0.790. The summed E-state index contributed by atoms with van der Waals surface area (Å²) >= 11 is 0. The fourth-order valence-electron chi connectivity index (χ4n) is 3.21. The van der Waals surface area contributed by atoms with Gasteiger partial charge in [0.1, 0.15) is 0 Å². The second kappa shape index (κ2) is 12.9. The van der Waals surface area contributed by atoms with Crippen LogP contribution in [0.2, 0.25) is 0 Å². The maximum Gasteiger partial charge on any atom is 0.328 e. The highest BCUT2D eigenvalue weighted by Gasteiger charge is 2.21. The molecule has 0 spiro atoms. The molecule has 2 atom stereocenters. The Bertz CT molecular complexity index is 274. The van der Waals surface area contributed by atoms with E-state index in [-0.39, 0.29) is 0 Å². The van der Waals surface area contributed by atoms with Gasteiger partial charge >= 0.3 is 5.97 Å². The van der Waals surface area contributed by atoms with Gasteiger partial charge in [0.15, 0.2) is 0 Å². The first-order valence-corrected chi connectivity index (χ1v) is 9.04. The maximum atomic E-state index is 11.2. The average Bonchev–Trinajstić information content (AvgIpc) is 2.46. The van der Waals surface area contributed by atoms with E-state index in [0.717, 1.165) is 25.7 Å². The molecule has 1 N–H and O–H groups in total. The van der Waals surface area contributed by atoms with Gasteiger partial charge in [0, 0.05) is 6.08 Å². The van der Waals surface area contributed by atoms with Gasteiger partial charge in [-0.1, -0.05) is 71.8 Å². The van der Waals surface area contributed by atoms with E-state index in [1.807, 2.05) is 0 Å². The van der Waals surface area contributed by atoms with Gasteiger partial charge < -0.3 is 5.11 Å². The van der Waals surface area contributed by atoms with Crippen molar-refractivity contribution in [2.75, 3.05) is 0 Å². The molecule has 0 aromatic rings. The molecule has 0 rings (SSSR count). The third-order valence-corrected chi connectivity index (χ3v) is 4.53. The van der Waals surface area contributed by atoms with Crippen molar-refractivity contribution in [1.82, 2.24) is 0 Å². The summed E-state index contributed by atoms with van der Waals surface area (Å²) in [5, 5.41) is 9.24. The van der Waals surface area contributed by atoms with Crippen LogP contribution in [0.5, 0.6) is 0 Å². The van der Waals surface area contributed by atoms with E-state index in [9.17, 15) is 9.90 Å². The van der Waals surface area contributed by atoms with E-state index >= 15 is 0 Å². The molecule has 0 aliphatic rings. The van der Waals surface area contributed by atoms with Gasteiger partial charge in [-0.05, 0) is 37.5 Å². The topological polar surface area (TPSA) is 37.3 Å². The fourth-order valence-corrected chi connectivity index (χ4v) is 3.21. The molecule has 0 fully saturated rings. The molecule has 0 aromatic heterocycles. The van der Waals surface area contributed by atoms with E-state index in [1.54, 1.807) is 0 Å². The van der Waals surface area contributed by atoms with E-state index in [4.69, 9.17) is 0 Å². The normalized spacial score (nSPS) is 13.7. The van der Waals surface area contributed by atoms with Crippen molar-refractivity contribution in [3.8, 4) is 0 Å². The summed E-state index contributed by atoms with van der Waals surface area (Å²) in [7, 11) is 0. The maximum absolute atomic E-state index is 11.2. The number of carbonyl (C=O) groups is 1. The number of allylic oxidation sites excluding steroid dienone is 1. The molecule has 0 aromatic carbocycles. The minimum Gasteiger partial charge on any atom is -0.478 e. The van der Waals surface area contributed by atoms with Gasteiger partial charge in [-0.25, -0.2) is 4.79 Å². The molecule has 2 unspecified atom stereocenters. The molecule has 0 radical (unpaired) electrons. The highest BCUT2D eigenvalue weighted by atomic mass is 16.4. The average molecular weight is 296 g/mol. The number of hydrogen-bond donors (Lipinski definition) is 1. The van der Waals surface area contributed by atoms with Crippen molar-refractivity contribution in [3.63, 3.8) is 0 Å². The molecule has 2 heteroatoms. The number of rotatable bonds is 13. The van der Waals surface area contributed by atoms with Gasteiger partial charge in [-0.2, -0.15) is 0 Å². The molecule has 0 amide bonds. The summed E-state index contributed by atoms with van der Waals surface area (Å²) in [5.41, 5.74) is 1.21. The zero-order chi connectivity index (χ0) is 16.1. The molecule has 0 heterocycles. The van der Waals surface area contributed by atoms with E-state index in [2.05, 4.69) is 27.7 Å². The van der Waals surface area contributed by atoms with Crippen molar-refractivity contribution in [1.29, 1.82) is 0 Å². The Morgan fingerprint density at radius 2 is 1.29 bits per heavy atom. The third-order valence-electron chi connectivity index (χ3n) is 4.53. The van der Waals surface area contributed by atoms with E-state index in [1.165, 1.54) is 50.2 Å². The summed E-state index contributed by atoms with van der Waals surface area (Å²) < 4.78 is 0. The minimum atomic E-state index is -0.770. The zero-order valence-corrected chi connectivity index (χ0v) is 14.7. The Labute approximate surface area is 132 Å². The van der Waals surface area contributed by atoms with Crippen LogP contribution in [-0.4, -0.2) is 11.1 Å². The van der Waals surface area contributed by atoms with Gasteiger partial charge in [-0.15, -0.1) is 0 Å². The lowest BCUT2D eigenvalue weighted by Gasteiger charge is -2.26. The molecule has 2 nitrogen and oxygen atoms in total. The molecular formula is C19H36O2. The number of unbranched alkanes of at least 4 members (excludes halogenated alkanes) is 4. The lowest BCUT2D eigenvalue weighted by molar-refractivity contribution is -0.131. The van der Waals surface area contributed by atoms with E-state index in [0.29, 0.717) is 11.8 Å². The van der Waals surface area contributed by atoms with Crippen molar-refractivity contribution < 1.29 is 9.90 Å². The van der Waals surface area contributed by atoms with Crippen LogP contribution in [0, 0.1) is 11.8 Å². The SMILES string of the molecule is CCCCCC(CC)C(=CC(=O)O)C(CC)CCCCC. The molecule has 21 heavy (non-hydrogen) atoms. The smallest absolute Gasteiger partial charge is 0.328 e. The van der Waals surface area contributed by atoms with E-state index < -0.39 is 5.97 Å². The molecule has 0 saturated heterocycles. The lowest BCUT2D eigenvalue weighted by Crippen LogP contribution is -2.15. The molecule has 0 saturated carbocycles. The Balaban J connectivity index is 4.90. The lowest BCUT2D eigenvalue weighted by atomic mass is 9.79. The molecule has 124 valence electrons. The number of carboxylic acids is 1. The van der Waals surface area contributed by atoms with Crippen molar-refractivity contribution in [3.05, 3.63) is 11.6 Å². The largest absolute Gasteiger partial charge is 0.478 e. The van der Waals surface area contributed by atoms with Crippen molar-refractivity contribution in [2.45, 2.75) is 91.9 Å². The minimum absolute atomic E-state index is 0.458. The quantitative estimate of drug-likeness (QED) is 0.324. The van der Waals surface area contributed by atoms with Crippen LogP contribution < -0.4 is 0 Å². The predicted octanol–water partition coefficient (Wildman–Crippen LogP) is 6.21. The predicted molar refractivity (Wildman–Crippen MR) is 91.6 cm³/mol. The van der Waals surface area contributed by atoms with Gasteiger partial charge in [0.25, 0.3) is 0 Å². The number of hydrogen-bond acceptors (Lipinski definition) is 1. The van der Waals surface area contributed by atoms with Crippen LogP contribution >= 0.6 is 0 Å². The molecule has 0 bridgehead atoms. The van der Waals surface area contributed by atoms with Crippen LogP contribution in [-0.2, 0) is 4.79 Å². The first kappa shape index (κ1) is 20.2. The highest BCUT2D eigenvalue weighted by molar-refractivity contribution is 5.80. The van der Waals surface area contributed by atoms with Gasteiger partial charge in [-0.3, -0.25) is 0 Å². The molecule has 0 aliphatic heterocycles. The van der Waals surface area contributed by atoms with Crippen LogP contribution in [0.15, 0.2) is 11.6 Å². The standard InChI is InChI=1S/C19H36O2/c1-5-9-11-13-16(7-3)18(15-19(20)21)17(8-4)14-12-10-6-2/h15-17H,5-14H2,1-4H3,(H,20,21). The van der Waals surface area contributed by atoms with Crippen LogP contribution in [0.3, 0.4) is 0 Å². The van der Waals surface area contributed by atoms with Crippen LogP contribution in [0.1, 0.15) is 91.9 Å². The third kappa shape index (κ3) is 8.95. The van der Waals surface area contributed by atoms with Crippen LogP contribution in [0.25, 0.3) is 0 Å². The molecular weight excluding hydrogens is 260 g/mol. The summed E-state index contributed by atoms with van der Waals surface area (Å²) in [5.74, 6) is 0.145. The van der Waals surface area contributed by atoms with Crippen LogP contribution in [0.4, 0.5) is 0 Å². The Kier molecular flexibility index (Phi) is 12.4. The Morgan fingerprint density at radius 3 is 1.57 bits per heavy atom. The second-order valence-corrected chi connectivity index (χ2v) is 6.18. The second-order valence-electron chi connectivity index (χ2n) is 6.18. The van der Waals surface area contributed by atoms with Gasteiger partial charge in [0.2, 0.25) is 0 Å². The molecule has 0 aliphatic carbocycles. The Morgan fingerprint density at radius 1 is 0.857 bits per heavy atom. The fraction of sp³-hybridized carbons (Fsp3) is 0.842. The first-order chi connectivity index (χ1) is 10.1. The van der Waals surface area contributed by atoms with Crippen molar-refractivity contribution >= 4 is 5.97 Å². The van der Waals surface area contributed by atoms with Crippen molar-refractivity contribution in [2.24, 2.45) is 11.8 Å². The summed E-state index contributed by atoms with van der Waals surface area (Å²) in [6.45, 7) is 8.83. The zero-order valence-electron chi connectivity index (χ0n) is 14.7. The number of aliphatic carboxylic acids is 1. The highest BCUT2D eigenvalue weighted by Crippen LogP contribution is 2.33. The van der Waals surface area contributed by atoms with Gasteiger partial charge in [0.05, 0.1) is 0 Å². The summed E-state index contributed by atoms with van der Waals surface area (Å²) in [4.78, 5) is 11.2. The number of carboxylic acid groups (broad SMARTS) is 1.